The zero-order valence-corrected chi connectivity index (χ0v) is 17.7. The lowest BCUT2D eigenvalue weighted by Gasteiger charge is -2.40. The third-order valence-electron chi connectivity index (χ3n) is 6.03. The van der Waals surface area contributed by atoms with E-state index in [2.05, 4.69) is 4.90 Å². The van der Waals surface area contributed by atoms with E-state index < -0.39 is 29.6 Å². The second kappa shape index (κ2) is 9.62. The normalized spacial score (nSPS) is 26.3. The van der Waals surface area contributed by atoms with Crippen LogP contribution in [0.25, 0.3) is 0 Å². The number of rotatable bonds is 8. The number of aliphatic carboxylic acids is 2. The summed E-state index contributed by atoms with van der Waals surface area (Å²) in [5, 5.41) is 19.2. The van der Waals surface area contributed by atoms with Gasteiger partial charge in [0.05, 0.1) is 5.57 Å². The van der Waals surface area contributed by atoms with Gasteiger partial charge in [-0.15, -0.1) is 0 Å². The van der Waals surface area contributed by atoms with Crippen LogP contribution in [0, 0.1) is 5.92 Å². The molecule has 1 aliphatic carbocycles. The molecule has 1 spiro atoms. The highest BCUT2D eigenvalue weighted by Crippen LogP contribution is 2.55. The molecule has 2 N–H and O–H groups in total. The molecule has 1 saturated carbocycles. The zero-order valence-electron chi connectivity index (χ0n) is 17.7. The fourth-order valence-corrected chi connectivity index (χ4v) is 4.77. The van der Waals surface area contributed by atoms with Crippen LogP contribution in [0.15, 0.2) is 35.9 Å². The predicted molar refractivity (Wildman–Crippen MR) is 112 cm³/mol. The maximum atomic E-state index is 12.1. The van der Waals surface area contributed by atoms with Gasteiger partial charge in [0.15, 0.2) is 0 Å². The van der Waals surface area contributed by atoms with Crippen LogP contribution in [-0.2, 0) is 14.3 Å². The van der Waals surface area contributed by atoms with Gasteiger partial charge in [-0.2, -0.15) is 0 Å². The van der Waals surface area contributed by atoms with Gasteiger partial charge in [0, 0.05) is 24.2 Å². The number of carboxylic acids is 2. The van der Waals surface area contributed by atoms with Crippen molar-refractivity contribution in [1.82, 2.24) is 4.90 Å². The first-order chi connectivity index (χ1) is 14.3. The number of ether oxygens (including phenoxy) is 2. The van der Waals surface area contributed by atoms with Gasteiger partial charge in [-0.3, -0.25) is 0 Å². The van der Waals surface area contributed by atoms with Crippen LogP contribution in [0.5, 0.6) is 5.75 Å². The third kappa shape index (κ3) is 4.68. The Bertz CT molecular complexity index is 805. The second-order valence-corrected chi connectivity index (χ2v) is 8.40. The van der Waals surface area contributed by atoms with Crippen molar-refractivity contribution >= 4 is 11.9 Å². The van der Waals surface area contributed by atoms with Crippen LogP contribution in [0.4, 0.5) is 0 Å². The fraction of sp³-hybridized carbons (Fsp3) is 0.565. The minimum atomic E-state index is -1.26. The molecule has 0 bridgehead atoms. The van der Waals surface area contributed by atoms with Crippen molar-refractivity contribution in [2.24, 2.45) is 5.92 Å². The number of carbonyl (C=O) groups is 2. The van der Waals surface area contributed by atoms with Crippen molar-refractivity contribution in [3.8, 4) is 5.75 Å². The van der Waals surface area contributed by atoms with Crippen LogP contribution in [0.3, 0.4) is 0 Å². The third-order valence-corrected chi connectivity index (χ3v) is 6.03. The summed E-state index contributed by atoms with van der Waals surface area (Å²) >= 11 is 0. The molecular formula is C23H31NO6. The summed E-state index contributed by atoms with van der Waals surface area (Å²) in [5.41, 5.74) is -0.119. The Balaban J connectivity index is 2.01. The highest BCUT2D eigenvalue weighted by molar-refractivity contribution is 5.95. The SMILES string of the molecule is CN(C)CCCOC1c2ccccc2OC12CCCCCC2C(=CC(=O)O)C(=O)O. The first kappa shape index (κ1) is 22.3. The molecule has 3 unspecified atom stereocenters. The van der Waals surface area contributed by atoms with Crippen LogP contribution in [0.1, 0.15) is 50.2 Å². The lowest BCUT2D eigenvalue weighted by molar-refractivity contribution is -0.139. The quantitative estimate of drug-likeness (QED) is 0.494. The minimum Gasteiger partial charge on any atom is -0.483 e. The minimum absolute atomic E-state index is 0.112. The Labute approximate surface area is 177 Å². The largest absolute Gasteiger partial charge is 0.483 e. The lowest BCUT2D eigenvalue weighted by atomic mass is 9.73. The molecule has 1 aromatic carbocycles. The number of fused-ring (bicyclic) bond motifs is 1. The number of benzene rings is 1. The predicted octanol–water partition coefficient (Wildman–Crippen LogP) is 3.50. The Morgan fingerprint density at radius 1 is 1.23 bits per heavy atom. The van der Waals surface area contributed by atoms with Gasteiger partial charge in [-0.1, -0.05) is 31.0 Å². The van der Waals surface area contributed by atoms with Crippen molar-refractivity contribution in [3.05, 3.63) is 41.5 Å². The Hall–Kier alpha value is -2.38. The molecule has 164 valence electrons. The van der Waals surface area contributed by atoms with E-state index in [-0.39, 0.29) is 5.57 Å². The van der Waals surface area contributed by atoms with Crippen molar-refractivity contribution in [1.29, 1.82) is 0 Å². The maximum absolute atomic E-state index is 12.1. The van der Waals surface area contributed by atoms with Crippen LogP contribution < -0.4 is 4.74 Å². The van der Waals surface area contributed by atoms with E-state index >= 15 is 0 Å². The molecule has 0 amide bonds. The second-order valence-electron chi connectivity index (χ2n) is 8.40. The van der Waals surface area contributed by atoms with Crippen LogP contribution in [0.2, 0.25) is 0 Å². The summed E-state index contributed by atoms with van der Waals surface area (Å²) in [4.78, 5) is 25.6. The van der Waals surface area contributed by atoms with Gasteiger partial charge in [-0.05, 0) is 52.4 Å². The van der Waals surface area contributed by atoms with Crippen LogP contribution >= 0.6 is 0 Å². The molecule has 0 radical (unpaired) electrons. The molecule has 0 aromatic heterocycles. The first-order valence-corrected chi connectivity index (χ1v) is 10.6. The van der Waals surface area contributed by atoms with Crippen molar-refractivity contribution in [2.45, 2.75) is 50.2 Å². The average molecular weight is 418 g/mol. The highest BCUT2D eigenvalue weighted by Gasteiger charge is 2.56. The standard InChI is InChI=1S/C23H31NO6/c1-24(2)13-8-14-29-21-16-9-5-6-11-19(16)30-23(21)12-7-3-4-10-18(23)17(22(27)28)15-20(25)26/h5-6,9,11,15,18,21H,3-4,7-8,10,12-14H2,1-2H3,(H,25,26)(H,27,28). The number of carboxylic acid groups (broad SMARTS) is 2. The summed E-state index contributed by atoms with van der Waals surface area (Å²) < 4.78 is 12.9. The molecular weight excluding hydrogens is 386 g/mol. The Morgan fingerprint density at radius 3 is 2.70 bits per heavy atom. The molecule has 30 heavy (non-hydrogen) atoms. The Morgan fingerprint density at radius 2 is 2.00 bits per heavy atom. The Kier molecular flexibility index (Phi) is 7.15. The number of hydrogen-bond acceptors (Lipinski definition) is 5. The van der Waals surface area contributed by atoms with E-state index in [1.807, 2.05) is 38.4 Å². The van der Waals surface area contributed by atoms with E-state index in [0.717, 1.165) is 43.9 Å². The molecule has 1 fully saturated rings. The fourth-order valence-electron chi connectivity index (χ4n) is 4.77. The van der Waals surface area contributed by atoms with Crippen molar-refractivity contribution in [2.75, 3.05) is 27.2 Å². The molecule has 7 heteroatoms. The summed E-state index contributed by atoms with van der Waals surface area (Å²) in [6.45, 7) is 1.39. The van der Waals surface area contributed by atoms with E-state index in [1.165, 1.54) is 0 Å². The van der Waals surface area contributed by atoms with Crippen molar-refractivity contribution in [3.63, 3.8) is 0 Å². The van der Waals surface area contributed by atoms with E-state index in [9.17, 15) is 19.8 Å². The molecule has 1 aromatic rings. The first-order valence-electron chi connectivity index (χ1n) is 10.6. The molecule has 3 atom stereocenters. The molecule has 0 saturated heterocycles. The van der Waals surface area contributed by atoms with Crippen molar-refractivity contribution < 1.29 is 29.3 Å². The number of hydrogen-bond donors (Lipinski definition) is 2. The maximum Gasteiger partial charge on any atom is 0.332 e. The summed E-state index contributed by atoms with van der Waals surface area (Å²) in [7, 11) is 4.01. The van der Waals surface area contributed by atoms with Gasteiger partial charge < -0.3 is 24.6 Å². The monoisotopic (exact) mass is 417 g/mol. The molecule has 3 rings (SSSR count). The average Bonchev–Trinajstić information content (AvgIpc) is 2.84. The van der Waals surface area contributed by atoms with Gasteiger partial charge in [0.25, 0.3) is 0 Å². The lowest BCUT2D eigenvalue weighted by Crippen LogP contribution is -2.48. The zero-order chi connectivity index (χ0) is 21.7. The molecule has 1 aliphatic heterocycles. The summed E-state index contributed by atoms with van der Waals surface area (Å²) in [5.74, 6) is -2.35. The number of nitrogens with zero attached hydrogens (tertiary/aromatic N) is 1. The van der Waals surface area contributed by atoms with Gasteiger partial charge in [0.2, 0.25) is 0 Å². The van der Waals surface area contributed by atoms with Gasteiger partial charge >= 0.3 is 11.9 Å². The summed E-state index contributed by atoms with van der Waals surface area (Å²) in [6, 6.07) is 7.65. The van der Waals surface area contributed by atoms with Gasteiger partial charge in [-0.25, -0.2) is 9.59 Å². The van der Waals surface area contributed by atoms with Gasteiger partial charge in [0.1, 0.15) is 17.5 Å². The highest BCUT2D eigenvalue weighted by atomic mass is 16.6. The molecule has 2 aliphatic rings. The summed E-state index contributed by atoms with van der Waals surface area (Å²) in [6.07, 6.45) is 5.05. The van der Waals surface area contributed by atoms with E-state index in [4.69, 9.17) is 9.47 Å². The van der Waals surface area contributed by atoms with E-state index in [0.29, 0.717) is 25.2 Å². The smallest absolute Gasteiger partial charge is 0.332 e. The van der Waals surface area contributed by atoms with E-state index in [1.54, 1.807) is 0 Å². The molecule has 7 nitrogen and oxygen atoms in total. The number of para-hydroxylation sites is 1. The van der Waals surface area contributed by atoms with Crippen LogP contribution in [-0.4, -0.2) is 59.9 Å². The molecule has 1 heterocycles. The topological polar surface area (TPSA) is 96.3 Å².